The van der Waals surface area contributed by atoms with Crippen molar-refractivity contribution >= 4 is 50.8 Å². The number of carboxylic acid groups (broad SMARTS) is 1. The predicted molar refractivity (Wildman–Crippen MR) is 94.4 cm³/mol. The van der Waals surface area contributed by atoms with Gasteiger partial charge in [-0.3, -0.25) is 9.36 Å². The molecule has 0 radical (unpaired) electrons. The molecule has 118 valence electrons. The summed E-state index contributed by atoms with van der Waals surface area (Å²) in [6.45, 7) is 4.22. The van der Waals surface area contributed by atoms with Crippen LogP contribution in [0, 0.1) is 0 Å². The Labute approximate surface area is 145 Å². The van der Waals surface area contributed by atoms with E-state index in [0.717, 1.165) is 26.7 Å². The molecular weight excluding hydrogens is 354 g/mol. The molecule has 1 aromatic carbocycles. The van der Waals surface area contributed by atoms with E-state index in [0.29, 0.717) is 22.5 Å². The van der Waals surface area contributed by atoms with E-state index in [-0.39, 0.29) is 5.75 Å². The summed E-state index contributed by atoms with van der Waals surface area (Å²) < 4.78 is 2.90. The van der Waals surface area contributed by atoms with E-state index < -0.39 is 5.97 Å². The van der Waals surface area contributed by atoms with Crippen LogP contribution in [0.4, 0.5) is 0 Å². The molecule has 0 spiro atoms. The van der Waals surface area contributed by atoms with Crippen LogP contribution in [0.3, 0.4) is 0 Å². The number of aromatic nitrogens is 3. The van der Waals surface area contributed by atoms with Crippen molar-refractivity contribution in [2.75, 3.05) is 5.75 Å². The monoisotopic (exact) mass is 365 g/mol. The number of hydrogen-bond donors (Lipinski definition) is 1. The zero-order valence-corrected chi connectivity index (χ0v) is 14.3. The van der Waals surface area contributed by atoms with E-state index in [1.54, 1.807) is 6.08 Å². The highest BCUT2D eigenvalue weighted by Gasteiger charge is 2.20. The van der Waals surface area contributed by atoms with Crippen molar-refractivity contribution in [3.05, 3.63) is 41.9 Å². The van der Waals surface area contributed by atoms with Gasteiger partial charge < -0.3 is 5.11 Å². The molecule has 0 atom stereocenters. The molecule has 8 heteroatoms. The van der Waals surface area contributed by atoms with Crippen LogP contribution in [0.15, 0.2) is 42.1 Å². The minimum absolute atomic E-state index is 0.0740. The van der Waals surface area contributed by atoms with Gasteiger partial charge in [0.1, 0.15) is 0 Å². The SMILES string of the molecule is C=CCn1c(SCC(=O)O)nnc1-c1sc2ccccc2c1Cl. The van der Waals surface area contributed by atoms with Gasteiger partial charge in [-0.05, 0) is 6.07 Å². The average molecular weight is 366 g/mol. The van der Waals surface area contributed by atoms with E-state index in [9.17, 15) is 4.79 Å². The maximum absolute atomic E-state index is 10.8. The van der Waals surface area contributed by atoms with Crippen molar-refractivity contribution in [2.45, 2.75) is 11.7 Å². The number of allylic oxidation sites excluding steroid dienone is 1. The van der Waals surface area contributed by atoms with E-state index >= 15 is 0 Å². The Morgan fingerprint density at radius 2 is 2.22 bits per heavy atom. The lowest BCUT2D eigenvalue weighted by molar-refractivity contribution is -0.133. The number of benzene rings is 1. The van der Waals surface area contributed by atoms with Gasteiger partial charge in [-0.15, -0.1) is 28.1 Å². The fraction of sp³-hybridized carbons (Fsp3) is 0.133. The highest BCUT2D eigenvalue weighted by molar-refractivity contribution is 7.99. The van der Waals surface area contributed by atoms with Crippen molar-refractivity contribution < 1.29 is 9.90 Å². The topological polar surface area (TPSA) is 68.0 Å². The Morgan fingerprint density at radius 1 is 1.43 bits per heavy atom. The fourth-order valence-corrected chi connectivity index (χ4v) is 4.32. The van der Waals surface area contributed by atoms with Crippen molar-refractivity contribution in [2.24, 2.45) is 0 Å². The quantitative estimate of drug-likeness (QED) is 0.524. The number of carbonyl (C=O) groups is 1. The normalized spacial score (nSPS) is 11.0. The lowest BCUT2D eigenvalue weighted by Gasteiger charge is -2.05. The van der Waals surface area contributed by atoms with Crippen LogP contribution in [0.2, 0.25) is 5.02 Å². The van der Waals surface area contributed by atoms with Crippen LogP contribution < -0.4 is 0 Å². The third-order valence-electron chi connectivity index (χ3n) is 3.09. The van der Waals surface area contributed by atoms with Crippen LogP contribution in [-0.2, 0) is 11.3 Å². The molecule has 1 N–H and O–H groups in total. The van der Waals surface area contributed by atoms with Gasteiger partial charge in [0.15, 0.2) is 11.0 Å². The van der Waals surface area contributed by atoms with Crippen LogP contribution in [-0.4, -0.2) is 31.6 Å². The van der Waals surface area contributed by atoms with Gasteiger partial charge in [0, 0.05) is 16.6 Å². The lowest BCUT2D eigenvalue weighted by atomic mass is 10.2. The number of thiophene rings is 1. The molecule has 3 rings (SSSR count). The number of halogens is 1. The van der Waals surface area contributed by atoms with Gasteiger partial charge in [-0.2, -0.15) is 0 Å². The van der Waals surface area contributed by atoms with Gasteiger partial charge in [-0.1, -0.05) is 47.6 Å². The molecule has 3 aromatic rings. The molecule has 0 amide bonds. The summed E-state index contributed by atoms with van der Waals surface area (Å²) in [6, 6.07) is 7.87. The molecule has 0 aliphatic rings. The van der Waals surface area contributed by atoms with E-state index in [1.165, 1.54) is 11.3 Å². The number of aliphatic carboxylic acids is 1. The first-order chi connectivity index (χ1) is 11.1. The van der Waals surface area contributed by atoms with Crippen LogP contribution in [0.25, 0.3) is 20.8 Å². The number of rotatable bonds is 6. The first-order valence-electron chi connectivity index (χ1n) is 6.68. The Morgan fingerprint density at radius 3 is 2.91 bits per heavy atom. The molecule has 0 saturated heterocycles. The highest BCUT2D eigenvalue weighted by atomic mass is 35.5. The summed E-state index contributed by atoms with van der Waals surface area (Å²) >= 11 is 9.17. The zero-order valence-electron chi connectivity index (χ0n) is 11.9. The summed E-state index contributed by atoms with van der Waals surface area (Å²) in [5, 5.41) is 19.3. The van der Waals surface area contributed by atoms with E-state index in [1.807, 2.05) is 28.8 Å². The third-order valence-corrected chi connectivity index (χ3v) is 5.71. The Bertz CT molecular complexity index is 888. The van der Waals surface area contributed by atoms with E-state index in [4.69, 9.17) is 16.7 Å². The van der Waals surface area contributed by atoms with Gasteiger partial charge >= 0.3 is 5.97 Å². The van der Waals surface area contributed by atoms with Crippen molar-refractivity contribution in [3.8, 4) is 10.7 Å². The Balaban J connectivity index is 2.08. The number of carboxylic acids is 1. The molecule has 0 fully saturated rings. The summed E-state index contributed by atoms with van der Waals surface area (Å²) in [6.07, 6.45) is 1.72. The summed E-state index contributed by atoms with van der Waals surface area (Å²) in [5.74, 6) is -0.344. The van der Waals surface area contributed by atoms with Crippen LogP contribution >= 0.6 is 34.7 Å². The smallest absolute Gasteiger partial charge is 0.313 e. The second kappa shape index (κ2) is 6.74. The molecule has 0 aliphatic carbocycles. The number of nitrogens with zero attached hydrogens (tertiary/aromatic N) is 3. The number of hydrogen-bond acceptors (Lipinski definition) is 5. The molecular formula is C15H12ClN3O2S2. The van der Waals surface area contributed by atoms with Crippen molar-refractivity contribution in [3.63, 3.8) is 0 Å². The fourth-order valence-electron chi connectivity index (χ4n) is 2.14. The van der Waals surface area contributed by atoms with Gasteiger partial charge in [0.05, 0.1) is 15.7 Å². The van der Waals surface area contributed by atoms with Gasteiger partial charge in [0.25, 0.3) is 0 Å². The molecule has 0 unspecified atom stereocenters. The second-order valence-corrected chi connectivity index (χ2v) is 7.00. The van der Waals surface area contributed by atoms with Crippen molar-refractivity contribution in [1.29, 1.82) is 0 Å². The van der Waals surface area contributed by atoms with Crippen LogP contribution in [0.5, 0.6) is 0 Å². The second-order valence-electron chi connectivity index (χ2n) is 4.63. The maximum atomic E-state index is 10.8. The zero-order chi connectivity index (χ0) is 16.4. The molecule has 5 nitrogen and oxygen atoms in total. The van der Waals surface area contributed by atoms with Crippen molar-refractivity contribution in [1.82, 2.24) is 14.8 Å². The van der Waals surface area contributed by atoms with Gasteiger partial charge in [0.2, 0.25) is 0 Å². The van der Waals surface area contributed by atoms with E-state index in [2.05, 4.69) is 16.8 Å². The number of fused-ring (bicyclic) bond motifs is 1. The largest absolute Gasteiger partial charge is 0.481 e. The standard InChI is InChI=1S/C15H12ClN3O2S2/c1-2-7-19-14(17-18-15(19)22-8-11(20)21)13-12(16)9-5-3-4-6-10(9)23-13/h2-6H,1,7-8H2,(H,20,21). The number of thioether (sulfide) groups is 1. The molecule has 2 heterocycles. The predicted octanol–water partition coefficient (Wildman–Crippen LogP) is 4.18. The van der Waals surface area contributed by atoms with Crippen LogP contribution in [0.1, 0.15) is 0 Å². The molecule has 2 aromatic heterocycles. The van der Waals surface area contributed by atoms with Gasteiger partial charge in [-0.25, -0.2) is 0 Å². The molecule has 23 heavy (non-hydrogen) atoms. The first kappa shape index (κ1) is 16.0. The summed E-state index contributed by atoms with van der Waals surface area (Å²) in [4.78, 5) is 11.6. The Kier molecular flexibility index (Phi) is 4.70. The lowest BCUT2D eigenvalue weighted by Crippen LogP contribution is -2.03. The average Bonchev–Trinajstić information content (AvgIpc) is 3.07. The first-order valence-corrected chi connectivity index (χ1v) is 8.86. The highest BCUT2D eigenvalue weighted by Crippen LogP contribution is 2.41. The molecule has 0 saturated carbocycles. The minimum Gasteiger partial charge on any atom is -0.481 e. The summed E-state index contributed by atoms with van der Waals surface area (Å²) in [7, 11) is 0. The Hall–Kier alpha value is -1.83. The third kappa shape index (κ3) is 3.12. The minimum atomic E-state index is -0.899. The molecule has 0 aliphatic heterocycles. The molecule has 0 bridgehead atoms. The maximum Gasteiger partial charge on any atom is 0.313 e. The summed E-state index contributed by atoms with van der Waals surface area (Å²) in [5.41, 5.74) is 0.